The highest BCUT2D eigenvalue weighted by molar-refractivity contribution is 7.91. The van der Waals surface area contributed by atoms with E-state index in [-0.39, 0.29) is 24.3 Å². The first-order chi connectivity index (χ1) is 9.35. The predicted octanol–water partition coefficient (Wildman–Crippen LogP) is 2.28. The minimum Gasteiger partial charge on any atom is -0.481 e. The third kappa shape index (κ3) is 5.28. The molecule has 1 aromatic rings. The lowest BCUT2D eigenvalue weighted by atomic mass is 9.97. The van der Waals surface area contributed by atoms with Crippen molar-refractivity contribution in [2.24, 2.45) is 5.92 Å². The lowest BCUT2D eigenvalue weighted by Gasteiger charge is -2.13. The van der Waals surface area contributed by atoms with Gasteiger partial charge in [-0.1, -0.05) is 25.1 Å². The van der Waals surface area contributed by atoms with Crippen LogP contribution >= 0.6 is 0 Å². The normalized spacial score (nSPS) is 13.1. The van der Waals surface area contributed by atoms with Gasteiger partial charge in [0.25, 0.3) is 0 Å². The van der Waals surface area contributed by atoms with Crippen LogP contribution in [0.4, 0.5) is 4.39 Å². The number of hydrogen-bond acceptors (Lipinski definition) is 3. The molecule has 112 valence electrons. The number of benzene rings is 1. The molecular weight excluding hydrogens is 283 g/mol. The average molecular weight is 302 g/mol. The van der Waals surface area contributed by atoms with Crippen molar-refractivity contribution in [1.29, 1.82) is 0 Å². The van der Waals surface area contributed by atoms with Gasteiger partial charge >= 0.3 is 5.97 Å². The zero-order valence-corrected chi connectivity index (χ0v) is 12.2. The number of carbonyl (C=O) groups is 1. The fraction of sp³-hybridized carbons (Fsp3) is 0.500. The standard InChI is InChI=1S/C14H19FO4S/c1-2-8-20(18,19)9-7-12(14(16)17)10-11-5-3-4-6-13(11)15/h3-6,12H,2,7-10H2,1H3,(H,16,17). The van der Waals surface area contributed by atoms with Gasteiger partial charge in [-0.25, -0.2) is 12.8 Å². The molecule has 0 aliphatic heterocycles. The van der Waals surface area contributed by atoms with Crippen molar-refractivity contribution in [1.82, 2.24) is 0 Å². The summed E-state index contributed by atoms with van der Waals surface area (Å²) in [6, 6.07) is 5.94. The molecule has 0 aliphatic rings. The van der Waals surface area contributed by atoms with Crippen LogP contribution in [0.15, 0.2) is 24.3 Å². The van der Waals surface area contributed by atoms with E-state index >= 15 is 0 Å². The summed E-state index contributed by atoms with van der Waals surface area (Å²) in [7, 11) is -3.22. The van der Waals surface area contributed by atoms with Gasteiger partial charge < -0.3 is 5.11 Å². The molecule has 0 bridgehead atoms. The second-order valence-electron chi connectivity index (χ2n) is 4.77. The van der Waals surface area contributed by atoms with Crippen LogP contribution in [-0.4, -0.2) is 31.0 Å². The molecule has 0 aromatic heterocycles. The molecule has 4 nitrogen and oxygen atoms in total. The van der Waals surface area contributed by atoms with E-state index in [4.69, 9.17) is 5.11 Å². The Morgan fingerprint density at radius 2 is 1.95 bits per heavy atom. The van der Waals surface area contributed by atoms with Crippen LogP contribution in [0.25, 0.3) is 0 Å². The predicted molar refractivity (Wildman–Crippen MR) is 74.8 cm³/mol. The summed E-state index contributed by atoms with van der Waals surface area (Å²) in [4.78, 5) is 11.2. The van der Waals surface area contributed by atoms with Crippen LogP contribution in [0, 0.1) is 11.7 Å². The Labute approximate surface area is 118 Å². The Kier molecular flexibility index (Phi) is 6.13. The van der Waals surface area contributed by atoms with Gasteiger partial charge in [0, 0.05) is 5.75 Å². The molecule has 0 saturated carbocycles. The van der Waals surface area contributed by atoms with E-state index in [0.29, 0.717) is 12.0 Å². The number of hydrogen-bond donors (Lipinski definition) is 1. The van der Waals surface area contributed by atoms with Crippen molar-refractivity contribution < 1.29 is 22.7 Å². The molecule has 6 heteroatoms. The van der Waals surface area contributed by atoms with Gasteiger partial charge in [0.2, 0.25) is 0 Å². The number of carboxylic acids is 1. The molecule has 0 radical (unpaired) electrons. The summed E-state index contributed by atoms with van der Waals surface area (Å²) in [5.74, 6) is -2.57. The molecule has 0 heterocycles. The first-order valence-electron chi connectivity index (χ1n) is 6.52. The zero-order chi connectivity index (χ0) is 15.2. The molecule has 0 amide bonds. The molecule has 1 N–H and O–H groups in total. The van der Waals surface area contributed by atoms with Crippen LogP contribution in [0.1, 0.15) is 25.3 Å². The average Bonchev–Trinajstić information content (AvgIpc) is 2.36. The quantitative estimate of drug-likeness (QED) is 0.799. The fourth-order valence-electron chi connectivity index (χ4n) is 1.98. The van der Waals surface area contributed by atoms with Gasteiger partial charge in [-0.2, -0.15) is 0 Å². The van der Waals surface area contributed by atoms with Crippen LogP contribution in [0.3, 0.4) is 0 Å². The molecule has 0 fully saturated rings. The van der Waals surface area contributed by atoms with Crippen molar-refractivity contribution in [3.05, 3.63) is 35.6 Å². The third-order valence-electron chi connectivity index (χ3n) is 3.07. The maximum Gasteiger partial charge on any atom is 0.306 e. The van der Waals surface area contributed by atoms with E-state index in [0.717, 1.165) is 0 Å². The van der Waals surface area contributed by atoms with Crippen molar-refractivity contribution in [3.8, 4) is 0 Å². The van der Waals surface area contributed by atoms with Gasteiger partial charge in [-0.3, -0.25) is 4.79 Å². The highest BCUT2D eigenvalue weighted by Gasteiger charge is 2.22. The van der Waals surface area contributed by atoms with Gasteiger partial charge in [0.1, 0.15) is 15.7 Å². The van der Waals surface area contributed by atoms with E-state index in [1.807, 2.05) is 0 Å². The highest BCUT2D eigenvalue weighted by atomic mass is 32.2. The van der Waals surface area contributed by atoms with E-state index in [9.17, 15) is 17.6 Å². The lowest BCUT2D eigenvalue weighted by Crippen LogP contribution is -2.22. The van der Waals surface area contributed by atoms with Gasteiger partial charge in [0.05, 0.1) is 11.7 Å². The van der Waals surface area contributed by atoms with Gasteiger partial charge in [0.15, 0.2) is 0 Å². The summed E-state index contributed by atoms with van der Waals surface area (Å²) in [6.45, 7) is 1.76. The second-order valence-corrected chi connectivity index (χ2v) is 7.07. The van der Waals surface area contributed by atoms with Crippen LogP contribution < -0.4 is 0 Å². The smallest absolute Gasteiger partial charge is 0.306 e. The number of sulfone groups is 1. The second kappa shape index (κ2) is 7.38. The number of halogens is 1. The first kappa shape index (κ1) is 16.6. The molecule has 20 heavy (non-hydrogen) atoms. The Hall–Kier alpha value is -1.43. The van der Waals surface area contributed by atoms with E-state index in [1.54, 1.807) is 13.0 Å². The maximum absolute atomic E-state index is 13.5. The van der Waals surface area contributed by atoms with Gasteiger partial charge in [-0.05, 0) is 30.9 Å². The number of carboxylic acid groups (broad SMARTS) is 1. The van der Waals surface area contributed by atoms with E-state index < -0.39 is 27.5 Å². The van der Waals surface area contributed by atoms with Crippen LogP contribution in [0.2, 0.25) is 0 Å². The van der Waals surface area contributed by atoms with Crippen molar-refractivity contribution in [3.63, 3.8) is 0 Å². The van der Waals surface area contributed by atoms with Gasteiger partial charge in [-0.15, -0.1) is 0 Å². The first-order valence-corrected chi connectivity index (χ1v) is 8.34. The van der Waals surface area contributed by atoms with E-state index in [1.165, 1.54) is 18.2 Å². The summed E-state index contributed by atoms with van der Waals surface area (Å²) in [5.41, 5.74) is 0.299. The van der Waals surface area contributed by atoms with Crippen molar-refractivity contribution >= 4 is 15.8 Å². The number of aliphatic carboxylic acids is 1. The topological polar surface area (TPSA) is 71.4 Å². The molecule has 0 aliphatic carbocycles. The SMILES string of the molecule is CCCS(=O)(=O)CCC(Cc1ccccc1F)C(=O)O. The molecule has 1 atom stereocenters. The van der Waals surface area contributed by atoms with E-state index in [2.05, 4.69) is 0 Å². The van der Waals surface area contributed by atoms with Crippen molar-refractivity contribution in [2.45, 2.75) is 26.2 Å². The maximum atomic E-state index is 13.5. The highest BCUT2D eigenvalue weighted by Crippen LogP contribution is 2.17. The Balaban J connectivity index is 2.72. The zero-order valence-electron chi connectivity index (χ0n) is 11.4. The Morgan fingerprint density at radius 3 is 2.50 bits per heavy atom. The fourth-order valence-corrected chi connectivity index (χ4v) is 3.45. The summed E-state index contributed by atoms with van der Waals surface area (Å²) < 4.78 is 36.7. The monoisotopic (exact) mass is 302 g/mol. The van der Waals surface area contributed by atoms with Crippen molar-refractivity contribution in [2.75, 3.05) is 11.5 Å². The third-order valence-corrected chi connectivity index (χ3v) is 4.95. The molecule has 1 unspecified atom stereocenters. The molecule has 1 rings (SSSR count). The molecule has 1 aromatic carbocycles. The minimum absolute atomic E-state index is 0.00362. The molecular formula is C14H19FO4S. The minimum atomic E-state index is -3.22. The Morgan fingerprint density at radius 1 is 1.30 bits per heavy atom. The Bertz CT molecular complexity index is 554. The van der Waals surface area contributed by atoms with Crippen LogP contribution in [0.5, 0.6) is 0 Å². The summed E-state index contributed by atoms with van der Waals surface area (Å²) in [6.07, 6.45) is 0.517. The molecule has 0 spiro atoms. The summed E-state index contributed by atoms with van der Waals surface area (Å²) >= 11 is 0. The molecule has 0 saturated heterocycles. The lowest BCUT2D eigenvalue weighted by molar-refractivity contribution is -0.141. The number of rotatable bonds is 8. The largest absolute Gasteiger partial charge is 0.481 e. The summed E-state index contributed by atoms with van der Waals surface area (Å²) in [5, 5.41) is 9.13. The van der Waals surface area contributed by atoms with Crippen LogP contribution in [-0.2, 0) is 21.1 Å².